The minimum absolute atomic E-state index is 0.700. The Labute approximate surface area is 144 Å². The van der Waals surface area contributed by atoms with E-state index >= 15 is 0 Å². The summed E-state index contributed by atoms with van der Waals surface area (Å²) in [5, 5.41) is 0.892. The van der Waals surface area contributed by atoms with Gasteiger partial charge in [0.2, 0.25) is 0 Å². The van der Waals surface area contributed by atoms with E-state index in [0.717, 1.165) is 29.1 Å². The van der Waals surface area contributed by atoms with Gasteiger partial charge in [0.25, 0.3) is 0 Å². The van der Waals surface area contributed by atoms with Crippen LogP contribution in [0.5, 0.6) is 0 Å². The summed E-state index contributed by atoms with van der Waals surface area (Å²) in [5.41, 5.74) is 2.36. The molecule has 3 heterocycles. The molecule has 2 saturated heterocycles. The molecule has 6 rings (SSSR count). The van der Waals surface area contributed by atoms with Gasteiger partial charge in [-0.25, -0.2) is 4.99 Å². The lowest BCUT2D eigenvalue weighted by Crippen LogP contribution is -2.42. The minimum atomic E-state index is 0.700. The van der Waals surface area contributed by atoms with Crippen LogP contribution < -0.4 is 0 Å². The minimum Gasteiger partial charge on any atom is -0.352 e. The second-order valence-electron chi connectivity index (χ2n) is 7.24. The van der Waals surface area contributed by atoms with Gasteiger partial charge in [-0.1, -0.05) is 11.6 Å². The average Bonchev–Trinajstić information content (AvgIpc) is 2.59. The van der Waals surface area contributed by atoms with Crippen LogP contribution in [0.3, 0.4) is 0 Å². The maximum Gasteiger partial charge on any atom is 0.108 e. The van der Waals surface area contributed by atoms with Crippen LogP contribution in [0.15, 0.2) is 17.1 Å². The Bertz CT molecular complexity index is 642. The summed E-state index contributed by atoms with van der Waals surface area (Å²) in [6.07, 6.45) is 6.97. The lowest BCUT2D eigenvalue weighted by atomic mass is 9.68. The van der Waals surface area contributed by atoms with Gasteiger partial charge in [-0.3, -0.25) is 0 Å². The van der Waals surface area contributed by atoms with Crippen molar-refractivity contribution in [2.24, 2.45) is 22.7 Å². The molecule has 4 fully saturated rings. The van der Waals surface area contributed by atoms with Crippen molar-refractivity contribution in [1.29, 1.82) is 0 Å². The van der Waals surface area contributed by atoms with Gasteiger partial charge in [0.05, 0.1) is 5.69 Å². The Morgan fingerprint density at radius 3 is 2.62 bits per heavy atom. The Hall–Kier alpha value is -0.290. The second-order valence-corrected chi connectivity index (χ2v) is 8.90. The monoisotopic (exact) mass is 412 g/mol. The van der Waals surface area contributed by atoms with Crippen molar-refractivity contribution in [2.75, 3.05) is 0 Å². The normalized spacial score (nSPS) is 36.1. The van der Waals surface area contributed by atoms with E-state index in [1.165, 1.54) is 47.1 Å². The van der Waals surface area contributed by atoms with Crippen LogP contribution in [0, 0.1) is 21.3 Å². The molecule has 0 aromatic heterocycles. The summed E-state index contributed by atoms with van der Waals surface area (Å²) in [6.45, 7) is 0.977. The molecule has 5 aliphatic rings. The van der Waals surface area contributed by atoms with E-state index in [1.54, 1.807) is 0 Å². The topological polar surface area (TPSA) is 15.6 Å². The molecule has 21 heavy (non-hydrogen) atoms. The predicted molar refractivity (Wildman–Crippen MR) is 94.2 cm³/mol. The standard InChI is InChI=1S/C17H18ClIN2/c18-15-6-12(19)7-16-14(15)8-21-13-4-9-1-10(5-13)3-11(2-9)17(21)20-16/h6-7,9-11,13H,1-5,8H2. The highest BCUT2D eigenvalue weighted by atomic mass is 127. The fraction of sp³-hybridized carbons (Fsp3) is 0.588. The summed E-state index contributed by atoms with van der Waals surface area (Å²) in [5.74, 6) is 3.97. The van der Waals surface area contributed by atoms with Gasteiger partial charge < -0.3 is 4.90 Å². The number of amidine groups is 1. The summed E-state index contributed by atoms with van der Waals surface area (Å²) >= 11 is 8.84. The van der Waals surface area contributed by atoms with E-state index in [4.69, 9.17) is 16.6 Å². The Morgan fingerprint density at radius 2 is 1.86 bits per heavy atom. The second kappa shape index (κ2) is 4.60. The smallest absolute Gasteiger partial charge is 0.108 e. The maximum absolute atomic E-state index is 6.50. The van der Waals surface area contributed by atoms with Gasteiger partial charge in [-0.05, 0) is 78.7 Å². The van der Waals surface area contributed by atoms with Gasteiger partial charge in [0.15, 0.2) is 0 Å². The first-order chi connectivity index (χ1) is 10.2. The Kier molecular flexibility index (Phi) is 2.89. The van der Waals surface area contributed by atoms with Crippen molar-refractivity contribution in [1.82, 2.24) is 4.90 Å². The van der Waals surface area contributed by atoms with Crippen LogP contribution in [0.4, 0.5) is 5.69 Å². The van der Waals surface area contributed by atoms with E-state index in [1.807, 2.05) is 0 Å². The first kappa shape index (κ1) is 13.2. The molecule has 4 bridgehead atoms. The van der Waals surface area contributed by atoms with Crippen LogP contribution in [-0.2, 0) is 6.54 Å². The van der Waals surface area contributed by atoms with E-state index in [9.17, 15) is 0 Å². The molecule has 0 N–H and O–H groups in total. The third kappa shape index (κ3) is 1.99. The third-order valence-corrected chi connectivity index (χ3v) is 6.87. The van der Waals surface area contributed by atoms with Gasteiger partial charge in [-0.15, -0.1) is 0 Å². The zero-order chi connectivity index (χ0) is 14.1. The zero-order valence-corrected chi connectivity index (χ0v) is 14.8. The molecule has 1 aromatic rings. The first-order valence-electron chi connectivity index (χ1n) is 8.00. The molecule has 0 radical (unpaired) electrons. The van der Waals surface area contributed by atoms with Crippen LogP contribution in [0.2, 0.25) is 5.02 Å². The molecule has 4 heteroatoms. The van der Waals surface area contributed by atoms with Gasteiger partial charge >= 0.3 is 0 Å². The molecular formula is C17H18ClIN2. The van der Waals surface area contributed by atoms with Gasteiger partial charge in [0.1, 0.15) is 5.84 Å². The highest BCUT2D eigenvalue weighted by Gasteiger charge is 2.46. The number of rotatable bonds is 0. The van der Waals surface area contributed by atoms with E-state index in [-0.39, 0.29) is 0 Å². The number of fused-ring (bicyclic) bond motifs is 1. The zero-order valence-electron chi connectivity index (χ0n) is 11.9. The number of hydrogen-bond acceptors (Lipinski definition) is 2. The van der Waals surface area contributed by atoms with Crippen LogP contribution in [-0.4, -0.2) is 16.8 Å². The lowest BCUT2D eigenvalue weighted by molar-refractivity contribution is 0.128. The van der Waals surface area contributed by atoms with Crippen molar-refractivity contribution >= 4 is 45.7 Å². The molecule has 0 spiro atoms. The summed E-state index contributed by atoms with van der Waals surface area (Å²) < 4.78 is 1.19. The van der Waals surface area contributed by atoms with Crippen LogP contribution in [0.1, 0.15) is 37.7 Å². The first-order valence-corrected chi connectivity index (χ1v) is 9.46. The highest BCUT2D eigenvalue weighted by Crippen LogP contribution is 2.50. The highest BCUT2D eigenvalue weighted by molar-refractivity contribution is 14.1. The largest absolute Gasteiger partial charge is 0.352 e. The number of aliphatic imine (C=N–C) groups is 1. The van der Waals surface area contributed by atoms with Crippen molar-refractivity contribution < 1.29 is 0 Å². The summed E-state index contributed by atoms with van der Waals surface area (Å²) in [4.78, 5) is 7.72. The molecule has 110 valence electrons. The lowest BCUT2D eigenvalue weighted by Gasteiger charge is -2.39. The van der Waals surface area contributed by atoms with E-state index < -0.39 is 0 Å². The molecule has 2 atom stereocenters. The van der Waals surface area contributed by atoms with Crippen LogP contribution in [0.25, 0.3) is 0 Å². The van der Waals surface area contributed by atoms with E-state index in [0.29, 0.717) is 12.0 Å². The van der Waals surface area contributed by atoms with Gasteiger partial charge in [0, 0.05) is 32.7 Å². The molecular weight excluding hydrogens is 395 g/mol. The number of nitrogens with zero attached hydrogens (tertiary/aromatic N) is 2. The molecule has 2 saturated carbocycles. The molecule has 3 aliphatic heterocycles. The van der Waals surface area contributed by atoms with Gasteiger partial charge in [-0.2, -0.15) is 0 Å². The SMILES string of the molecule is Clc1cc(I)cc2c1CN1C(=N2)C2CC3CC(C2)CC1C3. The third-order valence-electron chi connectivity index (χ3n) is 5.91. The quantitative estimate of drug-likeness (QED) is 0.548. The Morgan fingerprint density at radius 1 is 1.10 bits per heavy atom. The molecule has 2 unspecified atom stereocenters. The fourth-order valence-electron chi connectivity index (χ4n) is 5.21. The number of hydrogen-bond donors (Lipinski definition) is 0. The molecule has 1 aromatic carbocycles. The van der Waals surface area contributed by atoms with Crippen molar-refractivity contribution in [3.05, 3.63) is 26.3 Å². The predicted octanol–water partition coefficient (Wildman–Crippen LogP) is 5.00. The number of halogens is 2. The summed E-state index contributed by atoms with van der Waals surface area (Å²) in [7, 11) is 0. The average molecular weight is 413 g/mol. The molecule has 0 amide bonds. The van der Waals surface area contributed by atoms with Crippen molar-refractivity contribution in [3.63, 3.8) is 0 Å². The Balaban J connectivity index is 1.66. The maximum atomic E-state index is 6.50. The number of benzene rings is 1. The van der Waals surface area contributed by atoms with Crippen molar-refractivity contribution in [2.45, 2.75) is 44.7 Å². The fourth-order valence-corrected chi connectivity index (χ4v) is 6.27. The molecule has 2 aliphatic carbocycles. The van der Waals surface area contributed by atoms with Crippen molar-refractivity contribution in [3.8, 4) is 0 Å². The van der Waals surface area contributed by atoms with Crippen LogP contribution >= 0.6 is 34.2 Å². The summed E-state index contributed by atoms with van der Waals surface area (Å²) in [6, 6.07) is 4.98. The van der Waals surface area contributed by atoms with E-state index in [2.05, 4.69) is 39.6 Å². The molecule has 2 nitrogen and oxygen atoms in total.